The molecule has 1 aromatic carbocycles. The van der Waals surface area contributed by atoms with Crippen molar-refractivity contribution in [2.24, 2.45) is 0 Å². The zero-order valence-electron chi connectivity index (χ0n) is 11.8. The third-order valence-electron chi connectivity index (χ3n) is 3.62. The van der Waals surface area contributed by atoms with Gasteiger partial charge in [0.2, 0.25) is 0 Å². The van der Waals surface area contributed by atoms with E-state index in [0.29, 0.717) is 12.1 Å². The van der Waals surface area contributed by atoms with E-state index in [2.05, 4.69) is 37.2 Å². The van der Waals surface area contributed by atoms with Crippen LogP contribution in [0.25, 0.3) is 11.0 Å². The zero-order valence-corrected chi connectivity index (χ0v) is 11.8. The third kappa shape index (κ3) is 2.57. The van der Waals surface area contributed by atoms with Crippen LogP contribution in [0, 0.1) is 0 Å². The Morgan fingerprint density at radius 2 is 2.05 bits per heavy atom. The first kappa shape index (κ1) is 13.5. The molecule has 0 aliphatic heterocycles. The summed E-state index contributed by atoms with van der Waals surface area (Å²) in [5.41, 5.74) is 1.85. The van der Waals surface area contributed by atoms with Gasteiger partial charge in [-0.05, 0) is 12.0 Å². The summed E-state index contributed by atoms with van der Waals surface area (Å²) in [7, 11) is 1.97. The van der Waals surface area contributed by atoms with E-state index in [1.807, 2.05) is 25.2 Å². The van der Waals surface area contributed by atoms with Crippen LogP contribution in [0.3, 0.4) is 0 Å². The van der Waals surface area contributed by atoms with Crippen LogP contribution in [0.4, 0.5) is 5.82 Å². The molecule has 0 saturated carbocycles. The van der Waals surface area contributed by atoms with Crippen LogP contribution in [0.2, 0.25) is 0 Å². The zero-order chi connectivity index (χ0) is 14.7. The topological polar surface area (TPSA) is 77.9 Å². The number of rotatable bonds is 5. The summed E-state index contributed by atoms with van der Waals surface area (Å²) in [6.45, 7) is 0.115. The summed E-state index contributed by atoms with van der Waals surface area (Å²) >= 11 is 0. The van der Waals surface area contributed by atoms with Crippen molar-refractivity contribution < 1.29 is 5.11 Å². The summed E-state index contributed by atoms with van der Waals surface area (Å²) in [6, 6.07) is 10.2. The number of aromatic nitrogens is 4. The molecule has 6 nitrogen and oxygen atoms in total. The van der Waals surface area contributed by atoms with E-state index in [0.717, 1.165) is 16.8 Å². The van der Waals surface area contributed by atoms with Gasteiger partial charge in [0.15, 0.2) is 5.65 Å². The van der Waals surface area contributed by atoms with Crippen molar-refractivity contribution in [3.8, 4) is 0 Å². The minimum Gasteiger partial charge on any atom is -0.396 e. The minimum atomic E-state index is 0.0456. The van der Waals surface area contributed by atoms with Crippen molar-refractivity contribution in [3.63, 3.8) is 0 Å². The van der Waals surface area contributed by atoms with Crippen LogP contribution in [0.5, 0.6) is 0 Å². The quantitative estimate of drug-likeness (QED) is 0.748. The number of anilines is 1. The Labute approximate surface area is 122 Å². The summed E-state index contributed by atoms with van der Waals surface area (Å²) in [5, 5.41) is 17.1. The predicted octanol–water partition coefficient (Wildman–Crippen LogP) is 1.91. The first-order valence-electron chi connectivity index (χ1n) is 6.84. The molecule has 0 aliphatic carbocycles. The van der Waals surface area contributed by atoms with Gasteiger partial charge in [-0.2, -0.15) is 5.10 Å². The molecular weight excluding hydrogens is 266 g/mol. The molecule has 0 bridgehead atoms. The number of benzene rings is 1. The lowest BCUT2D eigenvalue weighted by Crippen LogP contribution is -2.26. The summed E-state index contributed by atoms with van der Waals surface area (Å²) in [6.07, 6.45) is 3.87. The third-order valence-corrected chi connectivity index (χ3v) is 3.62. The predicted molar refractivity (Wildman–Crippen MR) is 81.0 cm³/mol. The fourth-order valence-electron chi connectivity index (χ4n) is 2.56. The Bertz CT molecular complexity index is 712. The molecule has 0 radical (unpaired) electrons. The molecule has 3 aromatic rings. The van der Waals surface area contributed by atoms with E-state index < -0.39 is 0 Å². The Kier molecular flexibility index (Phi) is 3.79. The molecule has 0 fully saturated rings. The highest BCUT2D eigenvalue weighted by Crippen LogP contribution is 2.30. The molecule has 0 amide bonds. The van der Waals surface area contributed by atoms with Crippen LogP contribution >= 0.6 is 0 Å². The van der Waals surface area contributed by atoms with Crippen LogP contribution in [0.15, 0.2) is 42.9 Å². The molecule has 2 heterocycles. The van der Waals surface area contributed by atoms with Crippen molar-refractivity contribution in [3.05, 3.63) is 48.4 Å². The van der Waals surface area contributed by atoms with E-state index in [9.17, 15) is 5.11 Å². The number of nitrogens with zero attached hydrogens (tertiary/aromatic N) is 4. The molecular formula is C15H17N5O. The number of fused-ring (bicyclic) bond motifs is 1. The van der Waals surface area contributed by atoms with Crippen LogP contribution in [0.1, 0.15) is 18.0 Å². The number of nitrogens with one attached hydrogen (secondary N) is 1. The van der Waals surface area contributed by atoms with E-state index in [4.69, 9.17) is 0 Å². The Balaban J connectivity index is 2.01. The Morgan fingerprint density at radius 1 is 1.24 bits per heavy atom. The van der Waals surface area contributed by atoms with Crippen LogP contribution in [-0.2, 0) is 0 Å². The molecule has 21 heavy (non-hydrogen) atoms. The van der Waals surface area contributed by atoms with E-state index in [1.54, 1.807) is 6.20 Å². The largest absolute Gasteiger partial charge is 0.396 e. The average molecular weight is 283 g/mol. The lowest BCUT2D eigenvalue weighted by Gasteiger charge is -2.29. The van der Waals surface area contributed by atoms with Gasteiger partial charge in [0.1, 0.15) is 12.1 Å². The highest BCUT2D eigenvalue weighted by atomic mass is 16.3. The highest BCUT2D eigenvalue weighted by molar-refractivity contribution is 5.86. The van der Waals surface area contributed by atoms with Gasteiger partial charge in [0, 0.05) is 13.7 Å². The second-order valence-electron chi connectivity index (χ2n) is 4.88. The van der Waals surface area contributed by atoms with Gasteiger partial charge in [-0.25, -0.2) is 9.97 Å². The molecule has 3 rings (SSSR count). The van der Waals surface area contributed by atoms with Crippen molar-refractivity contribution >= 4 is 16.9 Å². The van der Waals surface area contributed by atoms with Crippen molar-refractivity contribution in [2.75, 3.05) is 18.6 Å². The van der Waals surface area contributed by atoms with E-state index in [1.165, 1.54) is 6.33 Å². The van der Waals surface area contributed by atoms with Gasteiger partial charge >= 0.3 is 0 Å². The molecule has 2 aromatic heterocycles. The van der Waals surface area contributed by atoms with Crippen molar-refractivity contribution in [1.29, 1.82) is 0 Å². The van der Waals surface area contributed by atoms with Crippen molar-refractivity contribution in [1.82, 2.24) is 20.2 Å². The van der Waals surface area contributed by atoms with Gasteiger partial charge in [0.05, 0.1) is 17.6 Å². The van der Waals surface area contributed by atoms with Gasteiger partial charge in [0.25, 0.3) is 0 Å². The maximum Gasteiger partial charge on any atom is 0.160 e. The molecule has 0 aliphatic rings. The first-order chi connectivity index (χ1) is 10.3. The van der Waals surface area contributed by atoms with E-state index >= 15 is 0 Å². The molecule has 0 unspecified atom stereocenters. The molecule has 1 atom stereocenters. The number of aliphatic hydroxyl groups is 1. The minimum absolute atomic E-state index is 0.0456. The first-order valence-corrected chi connectivity index (χ1v) is 6.84. The molecule has 2 N–H and O–H groups in total. The maximum atomic E-state index is 9.39. The lowest BCUT2D eigenvalue weighted by molar-refractivity contribution is 0.274. The molecule has 6 heteroatoms. The second-order valence-corrected chi connectivity index (χ2v) is 4.88. The average Bonchev–Trinajstić information content (AvgIpc) is 3.01. The monoisotopic (exact) mass is 283 g/mol. The Hall–Kier alpha value is -2.47. The molecule has 0 saturated heterocycles. The fraction of sp³-hybridized carbons (Fsp3) is 0.267. The number of hydrogen-bond donors (Lipinski definition) is 2. The maximum absolute atomic E-state index is 9.39. The second kappa shape index (κ2) is 5.88. The van der Waals surface area contributed by atoms with Gasteiger partial charge in [-0.3, -0.25) is 5.10 Å². The SMILES string of the molecule is CN(c1ncnc2[nH]ncc12)[C@@H](CCO)c1ccccc1. The molecule has 0 spiro atoms. The smallest absolute Gasteiger partial charge is 0.160 e. The number of H-pyrrole nitrogens is 1. The number of aromatic amines is 1. The lowest BCUT2D eigenvalue weighted by atomic mass is 10.0. The van der Waals surface area contributed by atoms with Gasteiger partial charge in [-0.1, -0.05) is 30.3 Å². The number of aliphatic hydroxyl groups excluding tert-OH is 1. The molecule has 108 valence electrons. The fourth-order valence-corrected chi connectivity index (χ4v) is 2.56. The van der Waals surface area contributed by atoms with Gasteiger partial charge in [-0.15, -0.1) is 0 Å². The summed E-state index contributed by atoms with van der Waals surface area (Å²) in [4.78, 5) is 10.6. The van der Waals surface area contributed by atoms with Gasteiger partial charge < -0.3 is 10.0 Å². The standard InChI is InChI=1S/C15H17N5O/c1-20(13(7-8-21)11-5-3-2-4-6-11)15-12-9-18-19-14(12)16-10-17-15/h2-6,9-10,13,21H,7-8H2,1H3,(H,16,17,18,19)/t13-/m0/s1. The Morgan fingerprint density at radius 3 is 2.81 bits per heavy atom. The highest BCUT2D eigenvalue weighted by Gasteiger charge is 2.20. The normalized spacial score (nSPS) is 12.5. The van der Waals surface area contributed by atoms with E-state index in [-0.39, 0.29) is 12.6 Å². The summed E-state index contributed by atoms with van der Waals surface area (Å²) < 4.78 is 0. The summed E-state index contributed by atoms with van der Waals surface area (Å²) in [5.74, 6) is 0.802. The van der Waals surface area contributed by atoms with Crippen LogP contribution in [-0.4, -0.2) is 38.9 Å². The van der Waals surface area contributed by atoms with Crippen molar-refractivity contribution in [2.45, 2.75) is 12.5 Å². The van der Waals surface area contributed by atoms with Crippen LogP contribution < -0.4 is 4.90 Å². The number of hydrogen-bond acceptors (Lipinski definition) is 5.